The lowest BCUT2D eigenvalue weighted by molar-refractivity contribution is -0.385. The van der Waals surface area contributed by atoms with Crippen molar-refractivity contribution in [2.24, 2.45) is 0 Å². The van der Waals surface area contributed by atoms with Crippen LogP contribution in [0.2, 0.25) is 10.0 Å². The van der Waals surface area contributed by atoms with Crippen LogP contribution in [-0.4, -0.2) is 27.1 Å². The lowest BCUT2D eigenvalue weighted by atomic mass is 10.1. The molecule has 0 amide bonds. The van der Waals surface area contributed by atoms with Crippen LogP contribution in [0.3, 0.4) is 0 Å². The molecule has 0 saturated heterocycles. The Hall–Kier alpha value is -5.02. The minimum Gasteiger partial charge on any atom is -0.478 e. The lowest BCUT2D eigenvalue weighted by Crippen LogP contribution is -2.05. The molecular weight excluding hydrogens is 663 g/mol. The van der Waals surface area contributed by atoms with Gasteiger partial charge in [-0.3, -0.25) is 10.1 Å². The molecule has 0 bridgehead atoms. The Morgan fingerprint density at radius 2 is 1.18 bits per heavy atom. The zero-order valence-electron chi connectivity index (χ0n) is 21.8. The Morgan fingerprint density at radius 3 is 1.58 bits per heavy atom. The number of carboxylic acid groups (broad SMARTS) is 2. The van der Waals surface area contributed by atoms with Crippen molar-refractivity contribution in [2.45, 2.75) is 12.4 Å². The number of aromatic carboxylic acids is 2. The van der Waals surface area contributed by atoms with Gasteiger partial charge in [-0.25, -0.2) is 9.59 Å². The van der Waals surface area contributed by atoms with E-state index in [2.05, 4.69) is 0 Å². The molecule has 236 valence electrons. The topological polar surface area (TPSA) is 136 Å². The van der Waals surface area contributed by atoms with Gasteiger partial charge in [-0.2, -0.15) is 26.3 Å². The van der Waals surface area contributed by atoms with Crippen molar-refractivity contribution >= 4 is 40.8 Å². The Kier molecular flexibility index (Phi) is 10.5. The molecule has 0 heterocycles. The first-order valence-corrected chi connectivity index (χ1v) is 12.6. The third-order valence-electron chi connectivity index (χ3n) is 5.45. The van der Waals surface area contributed by atoms with Crippen molar-refractivity contribution in [1.29, 1.82) is 0 Å². The standard InChI is InChI=1S/C14H7ClF3NO5.C14H8ClF3O3/c15-10-5-7(14(16,17)18)1-4-12(10)24-8-2-3-11(19(22)23)9(6-8)13(20)21;15-11-7-9(14(16,17)18)4-5-12(11)21-10-3-1-2-8(6-10)13(19)20/h1-6H,(H,20,21);1-7H,(H,19,20). The summed E-state index contributed by atoms with van der Waals surface area (Å²) in [4.78, 5) is 31.7. The Bertz CT molecular complexity index is 1760. The molecule has 45 heavy (non-hydrogen) atoms. The van der Waals surface area contributed by atoms with Crippen LogP contribution in [0.1, 0.15) is 31.8 Å². The number of nitrogens with zero attached hydrogens (tertiary/aromatic N) is 1. The predicted octanol–water partition coefficient (Wildman–Crippen LogP) is 9.61. The summed E-state index contributed by atoms with van der Waals surface area (Å²) >= 11 is 11.5. The van der Waals surface area contributed by atoms with Gasteiger partial charge in [0.15, 0.2) is 0 Å². The van der Waals surface area contributed by atoms with E-state index in [9.17, 15) is 46.0 Å². The summed E-state index contributed by atoms with van der Waals surface area (Å²) < 4.78 is 85.7. The summed E-state index contributed by atoms with van der Waals surface area (Å²) in [7, 11) is 0. The van der Waals surface area contributed by atoms with Crippen molar-refractivity contribution in [3.8, 4) is 23.0 Å². The monoisotopic (exact) mass is 677 g/mol. The molecule has 9 nitrogen and oxygen atoms in total. The predicted molar refractivity (Wildman–Crippen MR) is 147 cm³/mol. The average Bonchev–Trinajstić information content (AvgIpc) is 2.94. The molecular formula is C28H15Cl2F6NO8. The maximum atomic E-state index is 12.6. The highest BCUT2D eigenvalue weighted by atomic mass is 35.5. The molecule has 4 aromatic carbocycles. The molecule has 0 radical (unpaired) electrons. The van der Waals surface area contributed by atoms with Crippen molar-refractivity contribution in [2.75, 3.05) is 0 Å². The van der Waals surface area contributed by atoms with Gasteiger partial charge < -0.3 is 19.7 Å². The molecule has 2 N–H and O–H groups in total. The SMILES string of the molecule is O=C(O)c1cc(Oc2ccc(C(F)(F)F)cc2Cl)ccc1[N+](=O)[O-].O=C(O)c1cccc(Oc2ccc(C(F)(F)F)cc2Cl)c1. The van der Waals surface area contributed by atoms with Gasteiger partial charge in [-0.05, 0) is 60.7 Å². The summed E-state index contributed by atoms with van der Waals surface area (Å²) in [5.41, 5.74) is -3.14. The summed E-state index contributed by atoms with van der Waals surface area (Å²) in [6.07, 6.45) is -9.07. The van der Waals surface area contributed by atoms with Gasteiger partial charge in [0.1, 0.15) is 28.6 Å². The molecule has 0 aliphatic heterocycles. The average molecular weight is 678 g/mol. The smallest absolute Gasteiger partial charge is 0.416 e. The molecule has 0 fully saturated rings. The maximum absolute atomic E-state index is 12.6. The minimum atomic E-state index is -4.58. The van der Waals surface area contributed by atoms with E-state index in [-0.39, 0.29) is 38.6 Å². The van der Waals surface area contributed by atoms with E-state index in [0.717, 1.165) is 48.5 Å². The number of nitro benzene ring substituents is 1. The molecule has 4 aromatic rings. The fourth-order valence-electron chi connectivity index (χ4n) is 3.38. The highest BCUT2D eigenvalue weighted by molar-refractivity contribution is 6.32. The maximum Gasteiger partial charge on any atom is 0.416 e. The first kappa shape index (κ1) is 34.5. The van der Waals surface area contributed by atoms with Crippen LogP contribution >= 0.6 is 23.2 Å². The van der Waals surface area contributed by atoms with Crippen LogP contribution in [0.4, 0.5) is 32.0 Å². The van der Waals surface area contributed by atoms with Crippen molar-refractivity contribution in [3.05, 3.63) is 121 Å². The highest BCUT2D eigenvalue weighted by Gasteiger charge is 2.32. The molecule has 0 saturated carbocycles. The van der Waals surface area contributed by atoms with E-state index in [1.165, 1.54) is 24.3 Å². The van der Waals surface area contributed by atoms with Gasteiger partial charge in [0.25, 0.3) is 5.69 Å². The molecule has 17 heteroatoms. The van der Waals surface area contributed by atoms with Gasteiger partial charge in [0.05, 0.1) is 31.7 Å². The quantitative estimate of drug-likeness (QED) is 0.112. The largest absolute Gasteiger partial charge is 0.478 e. The molecule has 0 unspecified atom stereocenters. The Morgan fingerprint density at radius 1 is 0.689 bits per heavy atom. The van der Waals surface area contributed by atoms with E-state index < -0.39 is 51.6 Å². The second kappa shape index (κ2) is 13.7. The van der Waals surface area contributed by atoms with E-state index in [1.807, 2.05) is 0 Å². The Balaban J connectivity index is 0.000000248. The number of ether oxygens (including phenoxy) is 2. The van der Waals surface area contributed by atoms with Gasteiger partial charge in [0.2, 0.25) is 0 Å². The van der Waals surface area contributed by atoms with Crippen molar-refractivity contribution in [3.63, 3.8) is 0 Å². The number of benzene rings is 4. The summed E-state index contributed by atoms with van der Waals surface area (Å²) in [5.74, 6) is -2.80. The first-order chi connectivity index (χ1) is 20.9. The summed E-state index contributed by atoms with van der Waals surface area (Å²) in [5, 5.41) is 28.0. The van der Waals surface area contributed by atoms with Crippen LogP contribution in [0.5, 0.6) is 23.0 Å². The zero-order valence-corrected chi connectivity index (χ0v) is 23.3. The Labute approximate surface area is 257 Å². The van der Waals surface area contributed by atoms with Crippen molar-refractivity contribution in [1.82, 2.24) is 0 Å². The van der Waals surface area contributed by atoms with E-state index in [1.54, 1.807) is 0 Å². The molecule has 0 aliphatic carbocycles. The molecule has 0 aromatic heterocycles. The number of carbonyl (C=O) groups is 2. The third kappa shape index (κ3) is 9.23. The zero-order chi connectivity index (χ0) is 33.7. The van der Waals surface area contributed by atoms with E-state index in [4.69, 9.17) is 42.9 Å². The van der Waals surface area contributed by atoms with Crippen LogP contribution in [0, 0.1) is 10.1 Å². The number of carboxylic acids is 2. The van der Waals surface area contributed by atoms with Gasteiger partial charge in [-0.15, -0.1) is 0 Å². The summed E-state index contributed by atoms with van der Waals surface area (Å²) in [6.45, 7) is 0. The normalized spacial score (nSPS) is 11.2. The van der Waals surface area contributed by atoms with Gasteiger partial charge in [0, 0.05) is 12.1 Å². The molecule has 0 spiro atoms. The molecule has 0 atom stereocenters. The van der Waals surface area contributed by atoms with E-state index >= 15 is 0 Å². The number of rotatable bonds is 7. The summed E-state index contributed by atoms with van der Waals surface area (Å²) in [6, 6.07) is 13.5. The molecule has 0 aliphatic rings. The third-order valence-corrected chi connectivity index (χ3v) is 6.04. The second-order valence-electron chi connectivity index (χ2n) is 8.56. The molecule has 4 rings (SSSR count). The van der Waals surface area contributed by atoms with Crippen LogP contribution in [0.25, 0.3) is 0 Å². The van der Waals surface area contributed by atoms with E-state index in [0.29, 0.717) is 6.07 Å². The van der Waals surface area contributed by atoms with Gasteiger partial charge in [-0.1, -0.05) is 29.3 Å². The fourth-order valence-corrected chi connectivity index (χ4v) is 3.81. The number of hydrogen-bond acceptors (Lipinski definition) is 6. The number of halogens is 8. The van der Waals surface area contributed by atoms with Crippen molar-refractivity contribution < 1.29 is 60.5 Å². The van der Waals surface area contributed by atoms with Crippen LogP contribution in [-0.2, 0) is 12.4 Å². The van der Waals surface area contributed by atoms with Gasteiger partial charge >= 0.3 is 24.3 Å². The number of hydrogen-bond donors (Lipinski definition) is 2. The first-order valence-electron chi connectivity index (χ1n) is 11.8. The fraction of sp³-hybridized carbons (Fsp3) is 0.0714. The highest BCUT2D eigenvalue weighted by Crippen LogP contribution is 2.38. The lowest BCUT2D eigenvalue weighted by Gasteiger charge is -2.11. The number of alkyl halides is 6. The van der Waals surface area contributed by atoms with Crippen LogP contribution < -0.4 is 9.47 Å². The minimum absolute atomic E-state index is 0.00414. The number of nitro groups is 1. The second-order valence-corrected chi connectivity index (χ2v) is 9.38. The van der Waals surface area contributed by atoms with Crippen LogP contribution in [0.15, 0.2) is 78.9 Å².